The number of anilines is 1. The Bertz CT molecular complexity index is 725. The van der Waals surface area contributed by atoms with E-state index in [1.807, 2.05) is 10.7 Å². The monoisotopic (exact) mass is 361 g/mol. The number of nitrogens with one attached hydrogen (secondary N) is 2. The van der Waals surface area contributed by atoms with Gasteiger partial charge in [-0.1, -0.05) is 0 Å². The van der Waals surface area contributed by atoms with Crippen molar-refractivity contribution in [2.24, 2.45) is 0 Å². The molecule has 0 spiro atoms. The van der Waals surface area contributed by atoms with Gasteiger partial charge in [0.25, 0.3) is 0 Å². The average molecular weight is 361 g/mol. The average Bonchev–Trinajstić information content (AvgIpc) is 3.27. The van der Waals surface area contributed by atoms with Gasteiger partial charge in [0.1, 0.15) is 0 Å². The van der Waals surface area contributed by atoms with Crippen LogP contribution < -0.4 is 10.6 Å². The fourth-order valence-corrected chi connectivity index (χ4v) is 2.93. The number of urea groups is 1. The molecule has 2 amide bonds. The Morgan fingerprint density at radius 3 is 3.12 bits per heavy atom. The number of fused-ring (bicyclic) bond motifs is 1. The minimum atomic E-state index is -0.249. The highest BCUT2D eigenvalue weighted by Crippen LogP contribution is 2.18. The van der Waals surface area contributed by atoms with Crippen LogP contribution in [-0.4, -0.2) is 53.3 Å². The smallest absolute Gasteiger partial charge is 0.319 e. The van der Waals surface area contributed by atoms with E-state index in [1.54, 1.807) is 12.4 Å². The van der Waals surface area contributed by atoms with Crippen LogP contribution in [-0.2, 0) is 9.47 Å². The number of pyridine rings is 1. The Morgan fingerprint density at radius 2 is 2.35 bits per heavy atom. The lowest BCUT2D eigenvalue weighted by molar-refractivity contribution is 0.0168. The minimum absolute atomic E-state index is 0.240. The van der Waals surface area contributed by atoms with E-state index in [0.29, 0.717) is 25.4 Å². The van der Waals surface area contributed by atoms with Crippen molar-refractivity contribution in [3.8, 4) is 0 Å². The third-order valence-corrected chi connectivity index (χ3v) is 4.26. The van der Waals surface area contributed by atoms with E-state index in [4.69, 9.17) is 9.47 Å². The molecule has 3 heterocycles. The van der Waals surface area contributed by atoms with Gasteiger partial charge in [0.2, 0.25) is 0 Å². The van der Waals surface area contributed by atoms with Crippen LogP contribution in [0.3, 0.4) is 0 Å². The van der Waals surface area contributed by atoms with E-state index in [-0.39, 0.29) is 18.2 Å². The van der Waals surface area contributed by atoms with Gasteiger partial charge in [0, 0.05) is 31.2 Å². The first-order chi connectivity index (χ1) is 12.6. The SMILES string of the molecule is CC(C)n1ncc2cc(NC(=O)NCCCOC[C@H]3CCCO3)cnc21. The van der Waals surface area contributed by atoms with Gasteiger partial charge < -0.3 is 20.1 Å². The zero-order valence-corrected chi connectivity index (χ0v) is 15.4. The van der Waals surface area contributed by atoms with Crippen LogP contribution >= 0.6 is 0 Å². The largest absolute Gasteiger partial charge is 0.379 e. The molecule has 0 radical (unpaired) electrons. The van der Waals surface area contributed by atoms with Gasteiger partial charge in [0.15, 0.2) is 5.65 Å². The van der Waals surface area contributed by atoms with Gasteiger partial charge in [0.05, 0.1) is 30.8 Å². The van der Waals surface area contributed by atoms with Gasteiger partial charge in [-0.2, -0.15) is 5.10 Å². The molecule has 8 heteroatoms. The summed E-state index contributed by atoms with van der Waals surface area (Å²) in [5.74, 6) is 0. The number of ether oxygens (including phenoxy) is 2. The van der Waals surface area contributed by atoms with Crippen LogP contribution in [0.25, 0.3) is 11.0 Å². The van der Waals surface area contributed by atoms with Gasteiger partial charge >= 0.3 is 6.03 Å². The second-order valence-corrected chi connectivity index (χ2v) is 6.76. The molecule has 0 unspecified atom stereocenters. The van der Waals surface area contributed by atoms with Gasteiger partial charge in [-0.15, -0.1) is 0 Å². The molecule has 1 aliphatic rings. The summed E-state index contributed by atoms with van der Waals surface area (Å²) in [5.41, 5.74) is 1.46. The summed E-state index contributed by atoms with van der Waals surface area (Å²) in [7, 11) is 0. The Morgan fingerprint density at radius 1 is 1.46 bits per heavy atom. The van der Waals surface area contributed by atoms with E-state index >= 15 is 0 Å². The molecule has 8 nitrogen and oxygen atoms in total. The lowest BCUT2D eigenvalue weighted by atomic mass is 10.2. The Hall–Kier alpha value is -2.19. The van der Waals surface area contributed by atoms with Crippen LogP contribution in [0.4, 0.5) is 10.5 Å². The van der Waals surface area contributed by atoms with Crippen molar-refractivity contribution in [1.82, 2.24) is 20.1 Å². The number of amides is 2. The molecule has 26 heavy (non-hydrogen) atoms. The molecule has 0 aromatic carbocycles. The molecule has 1 fully saturated rings. The van der Waals surface area contributed by atoms with Crippen molar-refractivity contribution in [3.05, 3.63) is 18.5 Å². The van der Waals surface area contributed by atoms with Crippen molar-refractivity contribution in [1.29, 1.82) is 0 Å². The topological polar surface area (TPSA) is 90.3 Å². The Balaban J connectivity index is 1.37. The second kappa shape index (κ2) is 8.95. The molecular weight excluding hydrogens is 334 g/mol. The van der Waals surface area contributed by atoms with Crippen molar-refractivity contribution < 1.29 is 14.3 Å². The summed E-state index contributed by atoms with van der Waals surface area (Å²) < 4.78 is 12.9. The third-order valence-electron chi connectivity index (χ3n) is 4.26. The summed E-state index contributed by atoms with van der Waals surface area (Å²) >= 11 is 0. The molecule has 1 aliphatic heterocycles. The molecule has 2 N–H and O–H groups in total. The standard InChI is InChI=1S/C18H27N5O3/c1-13(2)23-17-14(10-21-23)9-15(11-20-17)22-18(24)19-6-4-7-25-12-16-5-3-8-26-16/h9-11,13,16H,3-8,12H2,1-2H3,(H2,19,22,24)/t16-/m1/s1. The first-order valence-corrected chi connectivity index (χ1v) is 9.21. The van der Waals surface area contributed by atoms with E-state index in [0.717, 1.165) is 36.9 Å². The van der Waals surface area contributed by atoms with E-state index in [1.165, 1.54) is 0 Å². The second-order valence-electron chi connectivity index (χ2n) is 6.76. The van der Waals surface area contributed by atoms with E-state index in [2.05, 4.69) is 34.6 Å². The van der Waals surface area contributed by atoms with Crippen molar-refractivity contribution in [2.45, 2.75) is 45.3 Å². The summed E-state index contributed by atoms with van der Waals surface area (Å²) in [6.45, 7) is 6.76. The molecule has 0 bridgehead atoms. The predicted molar refractivity (Wildman–Crippen MR) is 99.3 cm³/mol. The van der Waals surface area contributed by atoms with Gasteiger partial charge in [-0.25, -0.2) is 14.5 Å². The van der Waals surface area contributed by atoms with Gasteiger partial charge in [-0.05, 0) is 39.2 Å². The zero-order chi connectivity index (χ0) is 18.4. The maximum Gasteiger partial charge on any atom is 0.319 e. The van der Waals surface area contributed by atoms with Crippen molar-refractivity contribution >= 4 is 22.8 Å². The van der Waals surface area contributed by atoms with Crippen LogP contribution in [0.1, 0.15) is 39.2 Å². The molecular formula is C18H27N5O3. The highest BCUT2D eigenvalue weighted by atomic mass is 16.5. The molecule has 0 aliphatic carbocycles. The van der Waals surface area contributed by atoms with E-state index < -0.39 is 0 Å². The summed E-state index contributed by atoms with van der Waals surface area (Å²) in [4.78, 5) is 16.4. The first-order valence-electron chi connectivity index (χ1n) is 9.21. The quantitative estimate of drug-likeness (QED) is 0.706. The molecule has 3 rings (SSSR count). The fourth-order valence-electron chi connectivity index (χ4n) is 2.93. The van der Waals surface area contributed by atoms with Crippen molar-refractivity contribution in [2.75, 3.05) is 31.7 Å². The maximum absolute atomic E-state index is 12.0. The summed E-state index contributed by atoms with van der Waals surface area (Å²) in [5, 5.41) is 10.8. The number of aromatic nitrogens is 3. The molecule has 142 valence electrons. The highest BCUT2D eigenvalue weighted by molar-refractivity contribution is 5.91. The fraction of sp³-hybridized carbons (Fsp3) is 0.611. The summed E-state index contributed by atoms with van der Waals surface area (Å²) in [6.07, 6.45) is 6.61. The number of rotatable bonds is 8. The summed E-state index contributed by atoms with van der Waals surface area (Å²) in [6, 6.07) is 1.87. The number of hydrogen-bond acceptors (Lipinski definition) is 5. The van der Waals surface area contributed by atoms with Crippen LogP contribution in [0.2, 0.25) is 0 Å². The molecule has 1 atom stereocenters. The maximum atomic E-state index is 12.0. The lowest BCUT2D eigenvalue weighted by Crippen LogP contribution is -2.30. The minimum Gasteiger partial charge on any atom is -0.379 e. The van der Waals surface area contributed by atoms with Crippen LogP contribution in [0.5, 0.6) is 0 Å². The number of nitrogens with zero attached hydrogens (tertiary/aromatic N) is 3. The third kappa shape index (κ3) is 4.92. The van der Waals surface area contributed by atoms with Crippen LogP contribution in [0.15, 0.2) is 18.5 Å². The molecule has 2 aromatic rings. The van der Waals surface area contributed by atoms with Crippen LogP contribution in [0, 0.1) is 0 Å². The Labute approximate surface area is 153 Å². The molecule has 0 saturated carbocycles. The number of hydrogen-bond donors (Lipinski definition) is 2. The first kappa shape index (κ1) is 18.6. The highest BCUT2D eigenvalue weighted by Gasteiger charge is 2.15. The lowest BCUT2D eigenvalue weighted by Gasteiger charge is -2.11. The normalized spacial score (nSPS) is 17.1. The predicted octanol–water partition coefficient (Wildman–Crippen LogP) is 2.72. The number of carbonyl (C=O) groups is 1. The zero-order valence-electron chi connectivity index (χ0n) is 15.4. The van der Waals surface area contributed by atoms with E-state index in [9.17, 15) is 4.79 Å². The Kier molecular flexibility index (Phi) is 6.40. The van der Waals surface area contributed by atoms with Crippen molar-refractivity contribution in [3.63, 3.8) is 0 Å². The van der Waals surface area contributed by atoms with Gasteiger partial charge in [-0.3, -0.25) is 0 Å². The molecule has 1 saturated heterocycles. The number of carbonyl (C=O) groups excluding carboxylic acids is 1. The molecule has 2 aromatic heterocycles.